The number of fused-ring (bicyclic) bond motifs is 1. The molecular formula is C22H19F2N5O3. The van der Waals surface area contributed by atoms with Crippen LogP contribution in [0.15, 0.2) is 35.4 Å². The maximum Gasteiger partial charge on any atom is 0.352 e. The summed E-state index contributed by atoms with van der Waals surface area (Å²) in [4.78, 5) is 26.6. The van der Waals surface area contributed by atoms with Crippen molar-refractivity contribution in [2.45, 2.75) is 38.5 Å². The molecule has 1 aromatic carbocycles. The highest BCUT2D eigenvalue weighted by molar-refractivity contribution is 5.54. The van der Waals surface area contributed by atoms with Gasteiger partial charge in [0.2, 0.25) is 5.88 Å². The Hall–Kier alpha value is -3.56. The van der Waals surface area contributed by atoms with Crippen LogP contribution in [0, 0.1) is 24.5 Å². The Labute approximate surface area is 181 Å². The third kappa shape index (κ3) is 2.93. The van der Waals surface area contributed by atoms with Gasteiger partial charge in [0.1, 0.15) is 18.2 Å². The van der Waals surface area contributed by atoms with E-state index in [1.807, 2.05) is 0 Å². The van der Waals surface area contributed by atoms with Crippen LogP contribution in [-0.2, 0) is 13.2 Å². The lowest BCUT2D eigenvalue weighted by molar-refractivity contribution is 0.229. The van der Waals surface area contributed by atoms with Gasteiger partial charge in [0.15, 0.2) is 23.1 Å². The number of halogens is 2. The second kappa shape index (κ2) is 6.72. The van der Waals surface area contributed by atoms with E-state index in [-0.39, 0.29) is 35.0 Å². The van der Waals surface area contributed by atoms with Gasteiger partial charge in [-0.25, -0.2) is 23.5 Å². The molecule has 10 heteroatoms. The quantitative estimate of drug-likeness (QED) is 0.605. The predicted molar refractivity (Wildman–Crippen MR) is 109 cm³/mol. The highest BCUT2D eigenvalue weighted by Gasteiger charge is 2.60. The van der Waals surface area contributed by atoms with Gasteiger partial charge >= 0.3 is 5.69 Å². The summed E-state index contributed by atoms with van der Waals surface area (Å²) in [5.41, 5.74) is -0.0669. The monoisotopic (exact) mass is 439 g/mol. The van der Waals surface area contributed by atoms with Crippen LogP contribution in [0.2, 0.25) is 0 Å². The zero-order valence-corrected chi connectivity index (χ0v) is 17.2. The summed E-state index contributed by atoms with van der Waals surface area (Å²) in [6.45, 7) is 3.14. The van der Waals surface area contributed by atoms with Crippen LogP contribution in [0.3, 0.4) is 0 Å². The van der Waals surface area contributed by atoms with Gasteiger partial charge in [-0.3, -0.25) is 4.57 Å². The molecule has 1 spiro atoms. The number of rotatable bonds is 5. The summed E-state index contributed by atoms with van der Waals surface area (Å²) in [5, 5.41) is 0. The van der Waals surface area contributed by atoms with E-state index in [9.17, 15) is 13.6 Å². The zero-order chi connectivity index (χ0) is 22.0. The molecule has 4 aliphatic rings. The molecule has 3 aromatic rings. The fourth-order valence-corrected chi connectivity index (χ4v) is 5.08. The summed E-state index contributed by atoms with van der Waals surface area (Å²) in [7, 11) is 0. The zero-order valence-electron chi connectivity index (χ0n) is 17.2. The van der Waals surface area contributed by atoms with Crippen molar-refractivity contribution >= 4 is 5.82 Å². The molecule has 32 heavy (non-hydrogen) atoms. The van der Waals surface area contributed by atoms with Crippen molar-refractivity contribution in [3.63, 3.8) is 0 Å². The molecule has 0 atom stereocenters. The minimum atomic E-state index is -0.884. The van der Waals surface area contributed by atoms with Crippen molar-refractivity contribution in [1.82, 2.24) is 19.5 Å². The molecule has 0 radical (unpaired) electrons. The first-order valence-electron chi connectivity index (χ1n) is 10.4. The van der Waals surface area contributed by atoms with Gasteiger partial charge in [0.05, 0.1) is 24.5 Å². The van der Waals surface area contributed by atoms with Crippen molar-refractivity contribution in [3.8, 4) is 17.4 Å². The van der Waals surface area contributed by atoms with Crippen molar-refractivity contribution in [1.29, 1.82) is 0 Å². The van der Waals surface area contributed by atoms with E-state index in [1.165, 1.54) is 12.4 Å². The number of anilines is 1. The number of ether oxygens (including phenoxy) is 2. The lowest BCUT2D eigenvalue weighted by Crippen LogP contribution is -2.44. The summed E-state index contributed by atoms with van der Waals surface area (Å²) in [6.07, 6.45) is 4.88. The third-order valence-electron chi connectivity index (χ3n) is 6.47. The third-order valence-corrected chi connectivity index (χ3v) is 6.47. The number of benzene rings is 1. The van der Waals surface area contributed by atoms with Crippen LogP contribution in [0.25, 0.3) is 0 Å². The van der Waals surface area contributed by atoms with Crippen molar-refractivity contribution < 1.29 is 18.3 Å². The lowest BCUT2D eigenvalue weighted by Gasteiger charge is -2.37. The summed E-state index contributed by atoms with van der Waals surface area (Å²) < 4.78 is 41.6. The standard InChI is InChI=1S/C22H19F2N5O3/c1-12-25-7-15(8-26-12)32-20-16(23)2-13(3-17(20)24)10-31-18-4-19-28(21(30)27-18)11-22-5-14(6-22)9-29(19)22/h2-4,7-8,14H,5-6,9-11H2,1H3. The topological polar surface area (TPSA) is 82.4 Å². The van der Waals surface area contributed by atoms with Crippen molar-refractivity contribution in [2.24, 2.45) is 5.92 Å². The smallest absolute Gasteiger partial charge is 0.352 e. The van der Waals surface area contributed by atoms with Crippen LogP contribution in [0.5, 0.6) is 17.4 Å². The maximum absolute atomic E-state index is 14.5. The Balaban J connectivity index is 1.20. The fraction of sp³-hybridized carbons (Fsp3) is 0.364. The Kier molecular flexibility index (Phi) is 4.02. The van der Waals surface area contributed by atoms with Crippen LogP contribution in [0.4, 0.5) is 14.6 Å². The molecule has 5 heterocycles. The molecule has 1 saturated carbocycles. The highest BCUT2D eigenvalue weighted by atomic mass is 19.1. The van der Waals surface area contributed by atoms with E-state index in [0.717, 1.165) is 37.3 Å². The fourth-order valence-electron chi connectivity index (χ4n) is 5.08. The van der Waals surface area contributed by atoms with Crippen LogP contribution < -0.4 is 20.1 Å². The first kappa shape index (κ1) is 19.1. The lowest BCUT2D eigenvalue weighted by atomic mass is 9.74. The van der Waals surface area contributed by atoms with Gasteiger partial charge in [0.25, 0.3) is 0 Å². The van der Waals surface area contributed by atoms with Crippen molar-refractivity contribution in [3.05, 3.63) is 64.1 Å². The molecular weight excluding hydrogens is 420 g/mol. The van der Waals surface area contributed by atoms with Gasteiger partial charge in [-0.2, -0.15) is 4.98 Å². The molecule has 0 N–H and O–H groups in total. The van der Waals surface area contributed by atoms with Crippen LogP contribution in [-0.4, -0.2) is 31.6 Å². The van der Waals surface area contributed by atoms with Gasteiger partial charge in [0, 0.05) is 12.6 Å². The van der Waals surface area contributed by atoms with Gasteiger partial charge in [-0.15, -0.1) is 0 Å². The largest absolute Gasteiger partial charge is 0.473 e. The minimum absolute atomic E-state index is 0.0573. The molecule has 164 valence electrons. The Morgan fingerprint density at radius 3 is 2.59 bits per heavy atom. The molecule has 0 unspecified atom stereocenters. The summed E-state index contributed by atoms with van der Waals surface area (Å²) >= 11 is 0. The van der Waals surface area contributed by atoms with E-state index in [4.69, 9.17) is 9.47 Å². The maximum atomic E-state index is 14.5. The van der Waals surface area contributed by atoms with Gasteiger partial charge < -0.3 is 14.4 Å². The Morgan fingerprint density at radius 2 is 1.88 bits per heavy atom. The first-order valence-corrected chi connectivity index (χ1v) is 10.4. The molecule has 8 nitrogen and oxygen atoms in total. The normalized spacial score (nSPS) is 22.3. The summed E-state index contributed by atoms with van der Waals surface area (Å²) in [6, 6.07) is 3.98. The van der Waals surface area contributed by atoms with Crippen LogP contribution in [0.1, 0.15) is 24.2 Å². The van der Waals surface area contributed by atoms with Crippen LogP contribution >= 0.6 is 0 Å². The summed E-state index contributed by atoms with van der Waals surface area (Å²) in [5.74, 6) is -0.0418. The van der Waals surface area contributed by atoms with E-state index in [0.29, 0.717) is 18.3 Å². The number of hydrogen-bond acceptors (Lipinski definition) is 7. The molecule has 2 bridgehead atoms. The minimum Gasteiger partial charge on any atom is -0.473 e. The van der Waals surface area contributed by atoms with E-state index in [2.05, 4.69) is 19.9 Å². The first-order chi connectivity index (χ1) is 15.4. The molecule has 0 amide bonds. The average molecular weight is 439 g/mol. The predicted octanol–water partition coefficient (Wildman–Crippen LogP) is 2.97. The van der Waals surface area contributed by atoms with Crippen molar-refractivity contribution in [2.75, 3.05) is 11.4 Å². The number of nitrogens with zero attached hydrogens (tertiary/aromatic N) is 5. The van der Waals surface area contributed by atoms with Gasteiger partial charge in [-0.05, 0) is 43.4 Å². The number of aryl methyl sites for hydroxylation is 1. The number of aromatic nitrogens is 4. The molecule has 2 aromatic heterocycles. The SMILES string of the molecule is Cc1ncc(Oc2c(F)cc(COc3cc4n(c(=O)n3)CC35CC(CN43)C5)cc2F)cn1. The van der Waals surface area contributed by atoms with E-state index in [1.54, 1.807) is 17.6 Å². The molecule has 7 rings (SSSR count). The Bertz CT molecular complexity index is 1260. The van der Waals surface area contributed by atoms with E-state index >= 15 is 0 Å². The van der Waals surface area contributed by atoms with Gasteiger partial charge in [-0.1, -0.05) is 0 Å². The average Bonchev–Trinajstić information content (AvgIpc) is 3.37. The molecule has 3 aliphatic heterocycles. The molecule has 3 fully saturated rings. The number of hydrogen-bond donors (Lipinski definition) is 0. The highest BCUT2D eigenvalue weighted by Crippen LogP contribution is 2.56. The molecule has 2 saturated heterocycles. The second-order valence-corrected chi connectivity index (χ2v) is 8.68. The molecule has 1 aliphatic carbocycles. The second-order valence-electron chi connectivity index (χ2n) is 8.68. The Morgan fingerprint density at radius 1 is 1.16 bits per heavy atom. The van der Waals surface area contributed by atoms with E-state index < -0.39 is 17.4 Å².